The number of hydrogen-bond donors (Lipinski definition) is 1. The van der Waals surface area contributed by atoms with Crippen LogP contribution >= 0.6 is 15.9 Å². The molecule has 3 rings (SSSR count). The minimum Gasteiger partial charge on any atom is -0.326 e. The first-order chi connectivity index (χ1) is 12.2. The van der Waals surface area contributed by atoms with Gasteiger partial charge in [-0.3, -0.25) is 9.59 Å². The number of nitrogens with one attached hydrogen (secondary N) is 1. The zero-order valence-electron chi connectivity index (χ0n) is 14.0. The SMILES string of the molecule is CS(=O)(=O)c1ccc(NC(=O)C2CC(=O)N(c3cccc(Br)c3)C2)cc1. The molecule has 1 aliphatic rings. The van der Waals surface area contributed by atoms with Gasteiger partial charge in [-0.1, -0.05) is 22.0 Å². The van der Waals surface area contributed by atoms with Crippen LogP contribution < -0.4 is 10.2 Å². The highest BCUT2D eigenvalue weighted by Crippen LogP contribution is 2.28. The number of amides is 2. The number of rotatable bonds is 4. The van der Waals surface area contributed by atoms with E-state index >= 15 is 0 Å². The fraction of sp³-hybridized carbons (Fsp3) is 0.222. The Morgan fingerprint density at radius 1 is 1.19 bits per heavy atom. The topological polar surface area (TPSA) is 83.5 Å². The first kappa shape index (κ1) is 18.6. The Morgan fingerprint density at radius 3 is 2.50 bits per heavy atom. The maximum atomic E-state index is 12.5. The van der Waals surface area contributed by atoms with E-state index in [9.17, 15) is 18.0 Å². The highest BCUT2D eigenvalue weighted by atomic mass is 79.9. The number of anilines is 2. The smallest absolute Gasteiger partial charge is 0.229 e. The average Bonchev–Trinajstić information content (AvgIpc) is 2.96. The summed E-state index contributed by atoms with van der Waals surface area (Å²) in [6, 6.07) is 13.3. The van der Waals surface area contributed by atoms with Crippen LogP contribution in [-0.4, -0.2) is 33.0 Å². The maximum absolute atomic E-state index is 12.5. The van der Waals surface area contributed by atoms with E-state index in [1.54, 1.807) is 4.90 Å². The van der Waals surface area contributed by atoms with Crippen LogP contribution in [0.4, 0.5) is 11.4 Å². The molecule has 0 spiro atoms. The fourth-order valence-electron chi connectivity index (χ4n) is 2.81. The number of benzene rings is 2. The van der Waals surface area contributed by atoms with Gasteiger partial charge >= 0.3 is 0 Å². The minimum absolute atomic E-state index is 0.101. The second-order valence-corrected chi connectivity index (χ2v) is 9.10. The molecule has 1 aliphatic heterocycles. The van der Waals surface area contributed by atoms with Gasteiger partial charge in [0, 0.05) is 35.1 Å². The average molecular weight is 437 g/mol. The van der Waals surface area contributed by atoms with Crippen LogP contribution in [-0.2, 0) is 19.4 Å². The lowest BCUT2D eigenvalue weighted by Crippen LogP contribution is -2.28. The van der Waals surface area contributed by atoms with E-state index in [0.29, 0.717) is 12.2 Å². The number of hydrogen-bond acceptors (Lipinski definition) is 4. The lowest BCUT2D eigenvalue weighted by Gasteiger charge is -2.17. The van der Waals surface area contributed by atoms with Crippen molar-refractivity contribution in [2.45, 2.75) is 11.3 Å². The van der Waals surface area contributed by atoms with E-state index < -0.39 is 15.8 Å². The summed E-state index contributed by atoms with van der Waals surface area (Å²) >= 11 is 3.38. The van der Waals surface area contributed by atoms with Crippen LogP contribution in [0.5, 0.6) is 0 Å². The molecule has 0 saturated carbocycles. The number of sulfone groups is 1. The molecule has 0 bridgehead atoms. The van der Waals surface area contributed by atoms with Gasteiger partial charge in [0.1, 0.15) is 0 Å². The van der Waals surface area contributed by atoms with Crippen molar-refractivity contribution < 1.29 is 18.0 Å². The zero-order chi connectivity index (χ0) is 18.9. The van der Waals surface area contributed by atoms with Gasteiger partial charge in [0.15, 0.2) is 9.84 Å². The standard InChI is InChI=1S/C18H17BrN2O4S/c1-26(24,25)16-7-5-14(6-8-16)20-18(23)12-9-17(22)21(11-12)15-4-2-3-13(19)10-15/h2-8,10,12H,9,11H2,1H3,(H,20,23). The van der Waals surface area contributed by atoms with Gasteiger partial charge in [-0.2, -0.15) is 0 Å². The summed E-state index contributed by atoms with van der Waals surface area (Å²) in [5, 5.41) is 2.74. The number of carbonyl (C=O) groups excluding carboxylic acids is 2. The normalized spacial score (nSPS) is 17.4. The highest BCUT2D eigenvalue weighted by Gasteiger charge is 2.35. The second-order valence-electron chi connectivity index (χ2n) is 6.17. The Morgan fingerprint density at radius 2 is 1.88 bits per heavy atom. The monoisotopic (exact) mass is 436 g/mol. The van der Waals surface area contributed by atoms with E-state index in [2.05, 4.69) is 21.2 Å². The summed E-state index contributed by atoms with van der Waals surface area (Å²) in [4.78, 5) is 26.5. The van der Waals surface area contributed by atoms with Gasteiger partial charge in [0.25, 0.3) is 0 Å². The maximum Gasteiger partial charge on any atom is 0.229 e. The van der Waals surface area contributed by atoms with Crippen LogP contribution in [0.3, 0.4) is 0 Å². The van der Waals surface area contributed by atoms with Crippen LogP contribution in [0, 0.1) is 5.92 Å². The van der Waals surface area contributed by atoms with Crippen LogP contribution in [0.1, 0.15) is 6.42 Å². The molecule has 1 N–H and O–H groups in total. The quantitative estimate of drug-likeness (QED) is 0.798. The Kier molecular flexibility index (Phi) is 5.15. The molecule has 1 unspecified atom stereocenters. The number of carbonyl (C=O) groups is 2. The third-order valence-corrected chi connectivity index (χ3v) is 5.79. The van der Waals surface area contributed by atoms with Crippen LogP contribution in [0.25, 0.3) is 0 Å². The van der Waals surface area contributed by atoms with Crippen molar-refractivity contribution in [1.82, 2.24) is 0 Å². The van der Waals surface area contributed by atoms with E-state index in [-0.39, 0.29) is 23.1 Å². The van der Waals surface area contributed by atoms with E-state index in [1.165, 1.54) is 24.3 Å². The summed E-state index contributed by atoms with van der Waals surface area (Å²) < 4.78 is 23.8. The molecule has 1 atom stereocenters. The Hall–Kier alpha value is -2.19. The summed E-state index contributed by atoms with van der Waals surface area (Å²) in [6.07, 6.45) is 1.26. The van der Waals surface area contributed by atoms with Gasteiger partial charge in [-0.25, -0.2) is 8.42 Å². The molecule has 2 aromatic rings. The lowest BCUT2D eigenvalue weighted by molar-refractivity contribution is -0.122. The molecule has 0 aliphatic carbocycles. The van der Waals surface area contributed by atoms with Crippen molar-refractivity contribution >= 4 is 49.0 Å². The van der Waals surface area contributed by atoms with Crippen molar-refractivity contribution in [1.29, 1.82) is 0 Å². The van der Waals surface area contributed by atoms with Gasteiger partial charge in [0.2, 0.25) is 11.8 Å². The molecule has 2 amide bonds. The molecule has 2 aromatic carbocycles. The molecule has 8 heteroatoms. The van der Waals surface area contributed by atoms with Crippen molar-refractivity contribution in [2.24, 2.45) is 5.92 Å². The number of nitrogens with zero attached hydrogens (tertiary/aromatic N) is 1. The first-order valence-corrected chi connectivity index (χ1v) is 10.6. The first-order valence-electron chi connectivity index (χ1n) is 7.91. The Bertz CT molecular complexity index is 957. The second kappa shape index (κ2) is 7.20. The molecule has 0 radical (unpaired) electrons. The third-order valence-electron chi connectivity index (χ3n) is 4.17. The minimum atomic E-state index is -3.28. The zero-order valence-corrected chi connectivity index (χ0v) is 16.4. The third kappa shape index (κ3) is 4.13. The van der Waals surface area contributed by atoms with Gasteiger partial charge in [0.05, 0.1) is 10.8 Å². The highest BCUT2D eigenvalue weighted by molar-refractivity contribution is 9.10. The van der Waals surface area contributed by atoms with E-state index in [4.69, 9.17) is 0 Å². The van der Waals surface area contributed by atoms with Crippen molar-refractivity contribution in [3.05, 3.63) is 53.0 Å². The van der Waals surface area contributed by atoms with E-state index in [1.807, 2.05) is 24.3 Å². The molecular formula is C18H17BrN2O4S. The largest absolute Gasteiger partial charge is 0.326 e. The molecule has 0 aromatic heterocycles. The summed E-state index contributed by atoms with van der Waals surface area (Å²) in [5.74, 6) is -0.824. The Labute approximate surface area is 160 Å². The molecule has 136 valence electrons. The van der Waals surface area contributed by atoms with Gasteiger partial charge in [-0.15, -0.1) is 0 Å². The van der Waals surface area contributed by atoms with Crippen molar-refractivity contribution in [3.8, 4) is 0 Å². The molecule has 1 saturated heterocycles. The van der Waals surface area contributed by atoms with Crippen LogP contribution in [0.15, 0.2) is 57.9 Å². The van der Waals surface area contributed by atoms with Crippen molar-refractivity contribution in [3.63, 3.8) is 0 Å². The molecule has 1 heterocycles. The summed E-state index contributed by atoms with van der Waals surface area (Å²) in [7, 11) is -3.28. The van der Waals surface area contributed by atoms with Gasteiger partial charge < -0.3 is 10.2 Å². The predicted molar refractivity (Wildman–Crippen MR) is 103 cm³/mol. The van der Waals surface area contributed by atoms with Crippen molar-refractivity contribution in [2.75, 3.05) is 23.0 Å². The van der Waals surface area contributed by atoms with Gasteiger partial charge in [-0.05, 0) is 42.5 Å². The number of halogens is 1. The van der Waals surface area contributed by atoms with Crippen LogP contribution in [0.2, 0.25) is 0 Å². The molecule has 26 heavy (non-hydrogen) atoms. The van der Waals surface area contributed by atoms with E-state index in [0.717, 1.165) is 16.4 Å². The molecule has 6 nitrogen and oxygen atoms in total. The predicted octanol–water partition coefficient (Wildman–Crippen LogP) is 2.84. The molecular weight excluding hydrogens is 420 g/mol. The fourth-order valence-corrected chi connectivity index (χ4v) is 3.82. The summed E-state index contributed by atoms with van der Waals surface area (Å²) in [6.45, 7) is 0.308. The lowest BCUT2D eigenvalue weighted by atomic mass is 10.1. The Balaban J connectivity index is 1.68. The molecule has 1 fully saturated rings. The summed E-state index contributed by atoms with van der Waals surface area (Å²) in [5.41, 5.74) is 1.24.